The van der Waals surface area contributed by atoms with Gasteiger partial charge in [-0.15, -0.1) is 0 Å². The molecule has 0 saturated heterocycles. The molecule has 228 valence electrons. The van der Waals surface area contributed by atoms with E-state index in [-0.39, 0.29) is 5.41 Å². The molecule has 0 spiro atoms. The largest absolute Gasteiger partial charge is 0.456 e. The van der Waals surface area contributed by atoms with Crippen LogP contribution in [-0.2, 0) is 5.41 Å². The van der Waals surface area contributed by atoms with Crippen molar-refractivity contribution in [2.45, 2.75) is 19.3 Å². The molecule has 0 unspecified atom stereocenters. The van der Waals surface area contributed by atoms with Gasteiger partial charge >= 0.3 is 0 Å². The second-order valence-corrected chi connectivity index (χ2v) is 13.3. The molecule has 0 N–H and O–H groups in total. The van der Waals surface area contributed by atoms with Crippen LogP contribution in [0.15, 0.2) is 156 Å². The van der Waals surface area contributed by atoms with Crippen LogP contribution in [0.4, 0.5) is 17.1 Å². The number of rotatable bonds is 4. The highest BCUT2D eigenvalue weighted by Gasteiger charge is 2.36. The van der Waals surface area contributed by atoms with E-state index in [1.807, 2.05) is 12.1 Å². The maximum atomic E-state index is 6.28. The van der Waals surface area contributed by atoms with Crippen LogP contribution in [0.25, 0.3) is 60.7 Å². The van der Waals surface area contributed by atoms with E-state index >= 15 is 0 Å². The summed E-state index contributed by atoms with van der Waals surface area (Å²) in [5, 5.41) is 8.71. The Morgan fingerprint density at radius 3 is 2.19 bits per heavy atom. The number of furan rings is 1. The van der Waals surface area contributed by atoms with Crippen LogP contribution in [0, 0.1) is 0 Å². The van der Waals surface area contributed by atoms with E-state index in [9.17, 15) is 0 Å². The fourth-order valence-corrected chi connectivity index (χ4v) is 7.86. The number of hydrogen-bond donors (Lipinski definition) is 0. The molecule has 0 fully saturated rings. The van der Waals surface area contributed by atoms with Crippen molar-refractivity contribution in [2.24, 2.45) is 0 Å². The third-order valence-electron chi connectivity index (χ3n) is 10.2. The Bertz CT molecular complexity index is 2720. The van der Waals surface area contributed by atoms with Crippen LogP contribution in [0.1, 0.15) is 25.0 Å². The zero-order valence-electron chi connectivity index (χ0n) is 26.7. The van der Waals surface area contributed by atoms with Gasteiger partial charge in [0.05, 0.1) is 11.0 Å². The molecule has 3 heterocycles. The van der Waals surface area contributed by atoms with Gasteiger partial charge in [-0.3, -0.25) is 0 Å². The van der Waals surface area contributed by atoms with Crippen LogP contribution >= 0.6 is 0 Å². The molecule has 6 aromatic carbocycles. The van der Waals surface area contributed by atoms with Crippen molar-refractivity contribution >= 4 is 55.4 Å². The lowest BCUT2D eigenvalue weighted by Gasteiger charge is -2.27. The van der Waals surface area contributed by atoms with Gasteiger partial charge in [0.2, 0.25) is 0 Å². The predicted octanol–water partition coefficient (Wildman–Crippen LogP) is 11.8. The first-order valence-electron chi connectivity index (χ1n) is 16.5. The second kappa shape index (κ2) is 9.93. The third-order valence-corrected chi connectivity index (χ3v) is 10.2. The Balaban J connectivity index is 1.31. The van der Waals surface area contributed by atoms with Gasteiger partial charge in [-0.25, -0.2) is 4.52 Å². The van der Waals surface area contributed by atoms with Crippen molar-refractivity contribution in [2.75, 3.05) is 4.90 Å². The summed E-state index contributed by atoms with van der Waals surface area (Å²) in [6, 6.07) is 54.1. The number of benzene rings is 6. The Hall–Kier alpha value is -6.13. The van der Waals surface area contributed by atoms with Gasteiger partial charge in [-0.1, -0.05) is 117 Å². The van der Waals surface area contributed by atoms with Crippen molar-refractivity contribution in [3.63, 3.8) is 0 Å². The van der Waals surface area contributed by atoms with E-state index in [0.717, 1.165) is 66.7 Å². The molecule has 9 aromatic rings. The standard InChI is InChI=1S/C44H31N3O/c1-44(2)36-17-9-7-15-32(36)34-26-30(21-23-37(34)44)46(31-22-25-41-35(27-31)33-16-8-11-19-40(33)48-41)43-39-24-20-28-12-6-10-18-38(28)47(39)45-42(43)29-13-4-3-5-14-29/h3-27H,1-2H3. The van der Waals surface area contributed by atoms with Crippen molar-refractivity contribution in [3.8, 4) is 22.4 Å². The molecule has 0 atom stereocenters. The molecule has 0 amide bonds. The van der Waals surface area contributed by atoms with Gasteiger partial charge in [0, 0.05) is 38.5 Å². The van der Waals surface area contributed by atoms with Crippen molar-refractivity contribution in [3.05, 3.63) is 163 Å². The second-order valence-electron chi connectivity index (χ2n) is 13.3. The maximum absolute atomic E-state index is 6.28. The van der Waals surface area contributed by atoms with Gasteiger partial charge in [0.1, 0.15) is 22.5 Å². The van der Waals surface area contributed by atoms with E-state index in [4.69, 9.17) is 9.52 Å². The SMILES string of the molecule is CC1(C)c2ccccc2-c2cc(N(c3ccc4oc5ccccc5c4c3)c3c(-c4ccccc4)nn4c3ccc3ccccc34)ccc21. The molecular formula is C44H31N3O. The summed E-state index contributed by atoms with van der Waals surface area (Å²) < 4.78 is 8.39. The lowest BCUT2D eigenvalue weighted by atomic mass is 9.82. The third kappa shape index (κ3) is 3.80. The molecule has 48 heavy (non-hydrogen) atoms. The Morgan fingerprint density at radius 1 is 0.562 bits per heavy atom. The summed E-state index contributed by atoms with van der Waals surface area (Å²) >= 11 is 0. The molecular weight excluding hydrogens is 587 g/mol. The van der Waals surface area contributed by atoms with Crippen LogP contribution in [0.2, 0.25) is 0 Å². The fourth-order valence-electron chi connectivity index (χ4n) is 7.86. The molecule has 1 aliphatic rings. The van der Waals surface area contributed by atoms with Crippen molar-refractivity contribution in [1.29, 1.82) is 0 Å². The maximum Gasteiger partial charge on any atom is 0.135 e. The van der Waals surface area contributed by atoms with Gasteiger partial charge in [0.25, 0.3) is 0 Å². The fraction of sp³-hybridized carbons (Fsp3) is 0.0682. The van der Waals surface area contributed by atoms with Gasteiger partial charge in [-0.05, 0) is 70.8 Å². The number of para-hydroxylation sites is 2. The quantitative estimate of drug-likeness (QED) is 0.197. The van der Waals surface area contributed by atoms with Gasteiger partial charge in [-0.2, -0.15) is 5.10 Å². The van der Waals surface area contributed by atoms with Crippen LogP contribution in [0.3, 0.4) is 0 Å². The smallest absolute Gasteiger partial charge is 0.135 e. The molecule has 0 aliphatic heterocycles. The minimum Gasteiger partial charge on any atom is -0.456 e. The highest BCUT2D eigenvalue weighted by molar-refractivity contribution is 6.08. The van der Waals surface area contributed by atoms with E-state index in [1.54, 1.807) is 0 Å². The van der Waals surface area contributed by atoms with E-state index < -0.39 is 0 Å². The number of anilines is 3. The number of hydrogen-bond acceptors (Lipinski definition) is 3. The van der Waals surface area contributed by atoms with Gasteiger partial charge in [0.15, 0.2) is 0 Å². The normalized spacial score (nSPS) is 13.4. The molecule has 0 saturated carbocycles. The molecule has 4 heteroatoms. The number of fused-ring (bicyclic) bond motifs is 9. The van der Waals surface area contributed by atoms with Crippen LogP contribution < -0.4 is 4.90 Å². The summed E-state index contributed by atoms with van der Waals surface area (Å²) in [6.07, 6.45) is 0. The number of pyridine rings is 1. The van der Waals surface area contributed by atoms with Crippen molar-refractivity contribution < 1.29 is 4.42 Å². The van der Waals surface area contributed by atoms with Crippen LogP contribution in [-0.4, -0.2) is 9.61 Å². The first-order chi connectivity index (χ1) is 23.6. The highest BCUT2D eigenvalue weighted by Crippen LogP contribution is 2.52. The predicted molar refractivity (Wildman–Crippen MR) is 198 cm³/mol. The number of aromatic nitrogens is 2. The molecule has 1 aliphatic carbocycles. The lowest BCUT2D eigenvalue weighted by molar-refractivity contribution is 0.660. The zero-order valence-corrected chi connectivity index (χ0v) is 26.7. The Morgan fingerprint density at radius 2 is 1.27 bits per heavy atom. The van der Waals surface area contributed by atoms with E-state index in [2.05, 4.69) is 163 Å². The monoisotopic (exact) mass is 617 g/mol. The highest BCUT2D eigenvalue weighted by atomic mass is 16.3. The van der Waals surface area contributed by atoms with E-state index in [0.29, 0.717) is 0 Å². The molecule has 10 rings (SSSR count). The average Bonchev–Trinajstić information content (AvgIpc) is 3.77. The summed E-state index contributed by atoms with van der Waals surface area (Å²) in [4.78, 5) is 2.40. The number of nitrogens with zero attached hydrogens (tertiary/aromatic N) is 3. The molecule has 0 radical (unpaired) electrons. The Kier molecular flexibility index (Phi) is 5.59. The average molecular weight is 618 g/mol. The lowest BCUT2D eigenvalue weighted by Crippen LogP contribution is -2.15. The Labute approximate surface area is 278 Å². The zero-order chi connectivity index (χ0) is 32.0. The van der Waals surface area contributed by atoms with E-state index in [1.165, 1.54) is 22.3 Å². The minimum atomic E-state index is -0.0809. The minimum absolute atomic E-state index is 0.0809. The summed E-state index contributed by atoms with van der Waals surface area (Å²) in [5.74, 6) is 0. The first-order valence-corrected chi connectivity index (χ1v) is 16.5. The topological polar surface area (TPSA) is 33.7 Å². The molecule has 0 bridgehead atoms. The summed E-state index contributed by atoms with van der Waals surface area (Å²) in [7, 11) is 0. The molecule has 4 nitrogen and oxygen atoms in total. The van der Waals surface area contributed by atoms with Gasteiger partial charge < -0.3 is 9.32 Å². The van der Waals surface area contributed by atoms with Crippen molar-refractivity contribution in [1.82, 2.24) is 9.61 Å². The summed E-state index contributed by atoms with van der Waals surface area (Å²) in [5.41, 5.74) is 14.2. The molecule has 3 aromatic heterocycles. The summed E-state index contributed by atoms with van der Waals surface area (Å²) in [6.45, 7) is 4.66. The van der Waals surface area contributed by atoms with Crippen LogP contribution in [0.5, 0.6) is 0 Å². The first kappa shape index (κ1) is 27.0.